The first-order valence-electron chi connectivity index (χ1n) is 6.49. The van der Waals surface area contributed by atoms with Gasteiger partial charge in [-0.3, -0.25) is 0 Å². The summed E-state index contributed by atoms with van der Waals surface area (Å²) < 4.78 is 16.6. The fourth-order valence-electron chi connectivity index (χ4n) is 2.14. The van der Waals surface area contributed by atoms with E-state index in [4.69, 9.17) is 9.47 Å². The van der Waals surface area contributed by atoms with Gasteiger partial charge < -0.3 is 14.8 Å². The molecule has 0 amide bonds. The second-order valence-corrected chi connectivity index (χ2v) is 4.48. The fourth-order valence-corrected chi connectivity index (χ4v) is 2.14. The van der Waals surface area contributed by atoms with E-state index in [-0.39, 0.29) is 5.65 Å². The number of nitrogens with zero attached hydrogens (tertiary/aromatic N) is 7. The zero-order valence-electron chi connectivity index (χ0n) is 12.1. The van der Waals surface area contributed by atoms with Gasteiger partial charge in [0.25, 0.3) is 0 Å². The summed E-state index contributed by atoms with van der Waals surface area (Å²) in [5.74, 6) is 1.65. The Morgan fingerprint density at radius 2 is 2.04 bits per heavy atom. The molecule has 0 unspecified atom stereocenters. The summed E-state index contributed by atoms with van der Waals surface area (Å²) in [5.41, 5.74) is 1.61. The van der Waals surface area contributed by atoms with Crippen molar-refractivity contribution in [3.63, 3.8) is 0 Å². The van der Waals surface area contributed by atoms with Crippen LogP contribution in [0.25, 0.3) is 16.9 Å². The summed E-state index contributed by atoms with van der Waals surface area (Å²) in [6.45, 7) is 0. The van der Waals surface area contributed by atoms with Crippen molar-refractivity contribution in [3.8, 4) is 11.5 Å². The van der Waals surface area contributed by atoms with E-state index in [9.17, 15) is 0 Å². The lowest BCUT2D eigenvalue weighted by atomic mass is 10.2. The number of aromatic nitrogens is 7. The van der Waals surface area contributed by atoms with Gasteiger partial charge in [0.1, 0.15) is 11.5 Å². The molecule has 3 heterocycles. The lowest BCUT2D eigenvalue weighted by Crippen LogP contribution is -2.02. The van der Waals surface area contributed by atoms with Crippen LogP contribution in [0.5, 0.6) is 11.5 Å². The molecule has 0 saturated carbocycles. The average molecular weight is 314 g/mol. The lowest BCUT2D eigenvalue weighted by Gasteiger charge is -2.12. The van der Waals surface area contributed by atoms with E-state index in [1.807, 2.05) is 0 Å². The molecule has 0 aliphatic carbocycles. The number of hydrogen-bond acceptors (Lipinski definition) is 10. The molecule has 23 heavy (non-hydrogen) atoms. The molecular weight excluding hydrogens is 304 g/mol. The van der Waals surface area contributed by atoms with Crippen molar-refractivity contribution >= 4 is 28.4 Å². The first kappa shape index (κ1) is 13.2. The Morgan fingerprint density at radius 3 is 2.87 bits per heavy atom. The van der Waals surface area contributed by atoms with Gasteiger partial charge in [-0.05, 0) is 32.9 Å². The minimum absolute atomic E-state index is 0.272. The molecule has 0 radical (unpaired) electrons. The normalized spacial score (nSPS) is 11.0. The highest BCUT2D eigenvalue weighted by molar-refractivity contribution is 5.80. The number of nitrogens with one attached hydrogen (secondary N) is 1. The van der Waals surface area contributed by atoms with Crippen molar-refractivity contribution in [1.82, 2.24) is 35.3 Å². The molecule has 0 aliphatic rings. The average Bonchev–Trinajstić information content (AvgIpc) is 3.23. The molecule has 1 N–H and O–H groups in total. The van der Waals surface area contributed by atoms with Crippen LogP contribution in [0.1, 0.15) is 0 Å². The maximum Gasteiger partial charge on any atom is 0.248 e. The molecule has 0 saturated heterocycles. The first-order chi connectivity index (χ1) is 11.3. The van der Waals surface area contributed by atoms with Crippen molar-refractivity contribution < 1.29 is 14.1 Å². The summed E-state index contributed by atoms with van der Waals surface area (Å²) in [6, 6.07) is 5.33. The lowest BCUT2D eigenvalue weighted by molar-refractivity contribution is 0.313. The topological polar surface area (TPSA) is 125 Å². The van der Waals surface area contributed by atoms with E-state index >= 15 is 0 Å². The van der Waals surface area contributed by atoms with E-state index < -0.39 is 0 Å². The van der Waals surface area contributed by atoms with Crippen molar-refractivity contribution in [2.75, 3.05) is 19.5 Å². The van der Waals surface area contributed by atoms with E-state index in [1.165, 1.54) is 4.52 Å². The minimum Gasteiger partial charge on any atom is -0.497 e. The third-order valence-electron chi connectivity index (χ3n) is 3.21. The largest absolute Gasteiger partial charge is 0.497 e. The highest BCUT2D eigenvalue weighted by atomic mass is 16.6. The van der Waals surface area contributed by atoms with Crippen LogP contribution in [0.15, 0.2) is 22.8 Å². The van der Waals surface area contributed by atoms with Crippen LogP contribution in [0.2, 0.25) is 0 Å². The Morgan fingerprint density at radius 1 is 1.13 bits per heavy atom. The number of hydrogen-bond donors (Lipinski definition) is 1. The molecule has 4 aromatic rings. The number of anilines is 2. The fraction of sp³-hybridized carbons (Fsp3) is 0.167. The zero-order chi connectivity index (χ0) is 15.8. The van der Waals surface area contributed by atoms with Gasteiger partial charge in [-0.25, -0.2) is 9.61 Å². The van der Waals surface area contributed by atoms with Crippen LogP contribution < -0.4 is 14.8 Å². The number of fused-ring (bicyclic) bond motifs is 3. The van der Waals surface area contributed by atoms with Gasteiger partial charge in [0.05, 0.1) is 19.9 Å². The molecule has 0 fully saturated rings. The molecule has 0 aliphatic heterocycles. The van der Waals surface area contributed by atoms with Gasteiger partial charge in [-0.2, -0.15) is 4.52 Å². The Balaban J connectivity index is 1.87. The third-order valence-corrected chi connectivity index (χ3v) is 3.21. The highest BCUT2D eigenvalue weighted by Crippen LogP contribution is 2.32. The van der Waals surface area contributed by atoms with E-state index in [2.05, 4.69) is 40.8 Å². The molecule has 0 spiro atoms. The molecule has 116 valence electrons. The van der Waals surface area contributed by atoms with E-state index in [0.717, 1.165) is 0 Å². The van der Waals surface area contributed by atoms with Crippen LogP contribution in [0.3, 0.4) is 0 Å². The maximum atomic E-state index is 5.33. The number of ether oxygens (including phenoxy) is 2. The van der Waals surface area contributed by atoms with Crippen molar-refractivity contribution in [2.45, 2.75) is 0 Å². The predicted molar refractivity (Wildman–Crippen MR) is 76.8 cm³/mol. The second kappa shape index (κ2) is 5.05. The monoisotopic (exact) mass is 314 g/mol. The third kappa shape index (κ3) is 2.06. The molecule has 0 bridgehead atoms. The summed E-state index contributed by atoms with van der Waals surface area (Å²) in [5, 5.41) is 22.0. The standard InChI is InChI=1S/C12H10N8O3/c1-21-6-3-4-8(22-2)7(5-6)13-9-11-15-18-19-20(11)12-10(14-9)16-23-17-12/h3-5H,1-2H3,(H,13,14,16). The van der Waals surface area contributed by atoms with Gasteiger partial charge in [-0.1, -0.05) is 0 Å². The summed E-state index contributed by atoms with van der Waals surface area (Å²) in [6.07, 6.45) is 0. The second-order valence-electron chi connectivity index (χ2n) is 4.48. The van der Waals surface area contributed by atoms with Gasteiger partial charge in [-0.15, -0.1) is 5.10 Å². The Bertz CT molecular complexity index is 994. The zero-order valence-corrected chi connectivity index (χ0v) is 12.1. The molecule has 3 aromatic heterocycles. The quantitative estimate of drug-likeness (QED) is 0.578. The Hall–Kier alpha value is -3.50. The van der Waals surface area contributed by atoms with Crippen LogP contribution in [-0.2, 0) is 0 Å². The molecule has 0 atom stereocenters. The van der Waals surface area contributed by atoms with Gasteiger partial charge in [0, 0.05) is 6.07 Å². The summed E-state index contributed by atoms with van der Waals surface area (Å²) in [4.78, 5) is 4.32. The van der Waals surface area contributed by atoms with Gasteiger partial charge in [0.2, 0.25) is 16.9 Å². The van der Waals surface area contributed by atoms with Crippen molar-refractivity contribution in [3.05, 3.63) is 18.2 Å². The SMILES string of the molecule is COc1ccc(OC)c(Nc2nc3nonc3n3nnnc23)c1. The van der Waals surface area contributed by atoms with E-state index in [0.29, 0.717) is 34.3 Å². The molecule has 11 heteroatoms. The number of benzene rings is 1. The molecular formula is C12H10N8O3. The Labute approximate surface area is 128 Å². The highest BCUT2D eigenvalue weighted by Gasteiger charge is 2.17. The van der Waals surface area contributed by atoms with Crippen LogP contribution >= 0.6 is 0 Å². The first-order valence-corrected chi connectivity index (χ1v) is 6.49. The van der Waals surface area contributed by atoms with Crippen LogP contribution in [0.4, 0.5) is 11.5 Å². The van der Waals surface area contributed by atoms with Crippen LogP contribution in [0, 0.1) is 0 Å². The predicted octanol–water partition coefficient (Wildman–Crippen LogP) is 0.816. The van der Waals surface area contributed by atoms with Crippen molar-refractivity contribution in [2.24, 2.45) is 0 Å². The van der Waals surface area contributed by atoms with Crippen molar-refractivity contribution in [1.29, 1.82) is 0 Å². The van der Waals surface area contributed by atoms with E-state index in [1.54, 1.807) is 32.4 Å². The smallest absolute Gasteiger partial charge is 0.248 e. The molecule has 4 rings (SSSR count). The maximum absolute atomic E-state index is 5.33. The van der Waals surface area contributed by atoms with Crippen LogP contribution in [-0.4, -0.2) is 49.6 Å². The van der Waals surface area contributed by atoms with Gasteiger partial charge >= 0.3 is 0 Å². The minimum atomic E-state index is 0.272. The number of methoxy groups -OCH3 is 2. The number of tetrazole rings is 1. The Kier molecular flexibility index (Phi) is 2.89. The number of rotatable bonds is 4. The summed E-state index contributed by atoms with van der Waals surface area (Å²) >= 11 is 0. The molecule has 1 aromatic carbocycles. The van der Waals surface area contributed by atoms with Gasteiger partial charge in [0.15, 0.2) is 5.82 Å². The summed E-state index contributed by atoms with van der Waals surface area (Å²) in [7, 11) is 3.15. The molecule has 11 nitrogen and oxygen atoms in total.